The van der Waals surface area contributed by atoms with Gasteiger partial charge < -0.3 is 4.79 Å². The lowest BCUT2D eigenvalue weighted by Crippen LogP contribution is -2.28. The summed E-state index contributed by atoms with van der Waals surface area (Å²) in [6, 6.07) is 0. The zero-order chi connectivity index (χ0) is 9.19. The molecular weight excluding hydrogens is 176 g/mol. The average Bonchev–Trinajstić information content (AvgIpc) is 2.38. The number of sulfone groups is 1. The summed E-state index contributed by atoms with van der Waals surface area (Å²) in [5.74, 6) is 0.0810. The molecule has 0 N–H and O–H groups in total. The molecule has 1 saturated carbocycles. The van der Waals surface area contributed by atoms with Gasteiger partial charge in [-0.25, -0.2) is 8.42 Å². The van der Waals surface area contributed by atoms with E-state index >= 15 is 0 Å². The lowest BCUT2D eigenvalue weighted by molar-refractivity contribution is -0.108. The maximum Gasteiger partial charge on any atom is 0.157 e. The first kappa shape index (κ1) is 9.71. The Morgan fingerprint density at radius 3 is 2.17 bits per heavy atom. The van der Waals surface area contributed by atoms with E-state index in [2.05, 4.69) is 0 Å². The van der Waals surface area contributed by atoms with Crippen molar-refractivity contribution in [3.05, 3.63) is 0 Å². The summed E-state index contributed by atoms with van der Waals surface area (Å²) in [4.78, 5) is 10.6. The summed E-state index contributed by atoms with van der Waals surface area (Å²) in [6.45, 7) is 0. The van der Waals surface area contributed by atoms with Gasteiger partial charge in [-0.05, 0) is 18.8 Å². The van der Waals surface area contributed by atoms with Crippen LogP contribution in [0.2, 0.25) is 0 Å². The summed E-state index contributed by atoms with van der Waals surface area (Å²) in [6.07, 6.45) is 5.62. The Bertz CT molecular complexity index is 249. The largest absolute Gasteiger partial charge is 0.302 e. The van der Waals surface area contributed by atoms with E-state index in [-0.39, 0.29) is 5.92 Å². The van der Waals surface area contributed by atoms with Crippen molar-refractivity contribution in [3.8, 4) is 0 Å². The van der Waals surface area contributed by atoms with Crippen molar-refractivity contribution in [1.82, 2.24) is 0 Å². The molecule has 1 aliphatic carbocycles. The van der Waals surface area contributed by atoms with Gasteiger partial charge >= 0.3 is 0 Å². The number of carbonyl (C=O) groups excluding carboxylic acids is 1. The van der Waals surface area contributed by atoms with Gasteiger partial charge in [-0.2, -0.15) is 0 Å². The fourth-order valence-corrected chi connectivity index (χ4v) is 3.02. The van der Waals surface area contributed by atoms with Gasteiger partial charge in [0.15, 0.2) is 9.84 Å². The van der Waals surface area contributed by atoms with Gasteiger partial charge in [0.1, 0.15) is 11.5 Å². The van der Waals surface area contributed by atoms with E-state index in [9.17, 15) is 13.2 Å². The van der Waals surface area contributed by atoms with Gasteiger partial charge in [-0.15, -0.1) is 0 Å². The summed E-state index contributed by atoms with van der Waals surface area (Å²) in [7, 11) is -3.17. The molecule has 3 nitrogen and oxygen atoms in total. The minimum absolute atomic E-state index is 0.0810. The Labute approximate surface area is 73.1 Å². The Hall–Kier alpha value is -0.380. The molecule has 0 aromatic rings. The third-order valence-corrected chi connectivity index (χ3v) is 3.98. The molecule has 0 aliphatic heterocycles. The van der Waals surface area contributed by atoms with Crippen molar-refractivity contribution in [2.75, 3.05) is 6.26 Å². The minimum Gasteiger partial charge on any atom is -0.302 e. The molecule has 0 unspecified atom stereocenters. The standard InChI is InChI=1S/C8H14O3S/c1-12(10,11)8(6-9)7-4-2-3-5-7/h6-8H,2-5H2,1H3/t8-/m0/s1. The zero-order valence-electron chi connectivity index (χ0n) is 7.19. The van der Waals surface area contributed by atoms with E-state index in [4.69, 9.17) is 0 Å². The molecule has 0 amide bonds. The number of rotatable bonds is 3. The Morgan fingerprint density at radius 2 is 1.83 bits per heavy atom. The van der Waals surface area contributed by atoms with Crippen LogP contribution in [0.1, 0.15) is 25.7 Å². The molecule has 0 radical (unpaired) electrons. The van der Waals surface area contributed by atoms with Gasteiger partial charge in [-0.1, -0.05) is 12.8 Å². The fourth-order valence-electron chi connectivity index (χ4n) is 1.85. The molecule has 0 aromatic heterocycles. The molecular formula is C8H14O3S. The van der Waals surface area contributed by atoms with Crippen LogP contribution < -0.4 is 0 Å². The van der Waals surface area contributed by atoms with E-state index in [1.165, 1.54) is 0 Å². The Morgan fingerprint density at radius 1 is 1.33 bits per heavy atom. The first-order valence-corrected chi connectivity index (χ1v) is 6.15. The van der Waals surface area contributed by atoms with E-state index in [0.717, 1.165) is 31.9 Å². The predicted octanol–water partition coefficient (Wildman–Crippen LogP) is 0.789. The van der Waals surface area contributed by atoms with Gasteiger partial charge in [0.25, 0.3) is 0 Å². The summed E-state index contributed by atoms with van der Waals surface area (Å²) in [5, 5.41) is -0.750. The third-order valence-electron chi connectivity index (χ3n) is 2.49. The SMILES string of the molecule is CS(=O)(=O)[C@@H](C=O)C1CCCC1. The van der Waals surface area contributed by atoms with Crippen molar-refractivity contribution in [2.45, 2.75) is 30.9 Å². The fraction of sp³-hybridized carbons (Fsp3) is 0.875. The number of carbonyl (C=O) groups is 1. The lowest BCUT2D eigenvalue weighted by atomic mass is 10.1. The number of hydrogen-bond acceptors (Lipinski definition) is 3. The van der Waals surface area contributed by atoms with Crippen LogP contribution in [0, 0.1) is 5.92 Å². The molecule has 0 aromatic carbocycles. The topological polar surface area (TPSA) is 51.2 Å². The highest BCUT2D eigenvalue weighted by molar-refractivity contribution is 7.92. The molecule has 1 fully saturated rings. The highest BCUT2D eigenvalue weighted by atomic mass is 32.2. The van der Waals surface area contributed by atoms with Crippen molar-refractivity contribution in [1.29, 1.82) is 0 Å². The molecule has 1 aliphatic rings. The second-order valence-corrected chi connectivity index (χ2v) is 5.68. The van der Waals surface area contributed by atoms with Crippen LogP contribution in [-0.2, 0) is 14.6 Å². The normalized spacial score (nSPS) is 22.4. The van der Waals surface area contributed by atoms with Gasteiger partial charge in [0, 0.05) is 6.26 Å². The van der Waals surface area contributed by atoms with Crippen LogP contribution in [0.4, 0.5) is 0 Å². The molecule has 12 heavy (non-hydrogen) atoms. The van der Waals surface area contributed by atoms with Crippen molar-refractivity contribution >= 4 is 16.1 Å². The Kier molecular flexibility index (Phi) is 2.88. The predicted molar refractivity (Wildman–Crippen MR) is 46.7 cm³/mol. The Balaban J connectivity index is 2.74. The van der Waals surface area contributed by atoms with E-state index < -0.39 is 15.1 Å². The second kappa shape index (κ2) is 3.56. The van der Waals surface area contributed by atoms with E-state index in [1.807, 2.05) is 0 Å². The average molecular weight is 190 g/mol. The maximum absolute atomic E-state index is 11.1. The van der Waals surface area contributed by atoms with Crippen molar-refractivity contribution in [3.63, 3.8) is 0 Å². The molecule has 4 heteroatoms. The van der Waals surface area contributed by atoms with Crippen LogP contribution in [0.15, 0.2) is 0 Å². The highest BCUT2D eigenvalue weighted by Gasteiger charge is 2.31. The van der Waals surface area contributed by atoms with Crippen LogP contribution >= 0.6 is 0 Å². The van der Waals surface area contributed by atoms with Crippen molar-refractivity contribution < 1.29 is 13.2 Å². The third kappa shape index (κ3) is 2.06. The highest BCUT2D eigenvalue weighted by Crippen LogP contribution is 2.29. The van der Waals surface area contributed by atoms with Crippen LogP contribution in [-0.4, -0.2) is 26.2 Å². The van der Waals surface area contributed by atoms with Crippen LogP contribution in [0.5, 0.6) is 0 Å². The molecule has 70 valence electrons. The molecule has 1 atom stereocenters. The van der Waals surface area contributed by atoms with Crippen molar-refractivity contribution in [2.24, 2.45) is 5.92 Å². The van der Waals surface area contributed by atoms with E-state index in [0.29, 0.717) is 6.29 Å². The van der Waals surface area contributed by atoms with Gasteiger partial charge in [-0.3, -0.25) is 0 Å². The van der Waals surface area contributed by atoms with Gasteiger partial charge in [0.2, 0.25) is 0 Å². The lowest BCUT2D eigenvalue weighted by Gasteiger charge is -2.14. The zero-order valence-corrected chi connectivity index (χ0v) is 8.01. The van der Waals surface area contributed by atoms with Crippen LogP contribution in [0.25, 0.3) is 0 Å². The van der Waals surface area contributed by atoms with Gasteiger partial charge in [0.05, 0.1) is 0 Å². The second-order valence-electron chi connectivity index (χ2n) is 3.47. The summed E-state index contributed by atoms with van der Waals surface area (Å²) in [5.41, 5.74) is 0. The van der Waals surface area contributed by atoms with Crippen LogP contribution in [0.3, 0.4) is 0 Å². The minimum atomic E-state index is -3.17. The van der Waals surface area contributed by atoms with E-state index in [1.54, 1.807) is 0 Å². The molecule has 0 saturated heterocycles. The monoisotopic (exact) mass is 190 g/mol. The quantitative estimate of drug-likeness (QED) is 0.618. The molecule has 1 rings (SSSR count). The number of hydrogen-bond donors (Lipinski definition) is 0. The maximum atomic E-state index is 11.1. The number of aldehydes is 1. The summed E-state index contributed by atoms with van der Waals surface area (Å²) < 4.78 is 22.2. The molecule has 0 heterocycles. The summed E-state index contributed by atoms with van der Waals surface area (Å²) >= 11 is 0. The smallest absolute Gasteiger partial charge is 0.157 e. The first-order chi connectivity index (χ1) is 5.55. The molecule has 0 spiro atoms. The first-order valence-electron chi connectivity index (χ1n) is 4.20. The molecule has 0 bridgehead atoms.